The van der Waals surface area contributed by atoms with Gasteiger partial charge in [-0.3, -0.25) is 0 Å². The molecule has 0 bridgehead atoms. The summed E-state index contributed by atoms with van der Waals surface area (Å²) < 4.78 is 32.1. The molecule has 0 unspecified atom stereocenters. The molecule has 0 aliphatic carbocycles. The summed E-state index contributed by atoms with van der Waals surface area (Å²) in [6, 6.07) is 9.65. The van der Waals surface area contributed by atoms with Gasteiger partial charge in [0.15, 0.2) is 0 Å². The minimum Gasteiger partial charge on any atom is -0.496 e. The molecule has 0 atom stereocenters. The van der Waals surface area contributed by atoms with E-state index in [9.17, 15) is 8.78 Å². The second kappa shape index (κ2) is 6.02. The Morgan fingerprint density at radius 3 is 2.63 bits per heavy atom. The monoisotopic (exact) mass is 327 g/mol. The number of nitrogens with one attached hydrogen (secondary N) is 1. The Bertz CT molecular complexity index is 590. The Morgan fingerprint density at radius 1 is 1.16 bits per heavy atom. The molecule has 0 aliphatic heterocycles. The summed E-state index contributed by atoms with van der Waals surface area (Å²) >= 11 is 3.03. The third-order valence-electron chi connectivity index (χ3n) is 2.67. The molecule has 0 amide bonds. The Balaban J connectivity index is 2.17. The van der Waals surface area contributed by atoms with Crippen LogP contribution in [-0.4, -0.2) is 7.11 Å². The molecule has 0 fully saturated rings. The van der Waals surface area contributed by atoms with E-state index < -0.39 is 11.6 Å². The van der Waals surface area contributed by atoms with E-state index in [1.54, 1.807) is 7.11 Å². The van der Waals surface area contributed by atoms with Crippen molar-refractivity contribution < 1.29 is 13.5 Å². The molecule has 19 heavy (non-hydrogen) atoms. The van der Waals surface area contributed by atoms with Gasteiger partial charge < -0.3 is 10.1 Å². The molecule has 2 rings (SSSR count). The zero-order valence-electron chi connectivity index (χ0n) is 10.2. The Morgan fingerprint density at radius 2 is 1.89 bits per heavy atom. The molecule has 0 spiro atoms. The minimum absolute atomic E-state index is 0.219. The van der Waals surface area contributed by atoms with E-state index >= 15 is 0 Å². The zero-order chi connectivity index (χ0) is 13.8. The summed E-state index contributed by atoms with van der Waals surface area (Å²) in [7, 11) is 1.58. The molecular weight excluding hydrogens is 316 g/mol. The predicted molar refractivity (Wildman–Crippen MR) is 74.4 cm³/mol. The van der Waals surface area contributed by atoms with Crippen LogP contribution in [0.5, 0.6) is 5.75 Å². The van der Waals surface area contributed by atoms with Crippen LogP contribution in [0.4, 0.5) is 14.5 Å². The molecule has 100 valence electrons. The summed E-state index contributed by atoms with van der Waals surface area (Å²) in [5.74, 6) is -0.535. The normalized spacial score (nSPS) is 10.3. The van der Waals surface area contributed by atoms with Gasteiger partial charge in [-0.25, -0.2) is 8.78 Å². The lowest BCUT2D eigenvalue weighted by atomic mass is 10.2. The summed E-state index contributed by atoms with van der Waals surface area (Å²) in [6.07, 6.45) is 0. The highest BCUT2D eigenvalue weighted by molar-refractivity contribution is 9.10. The van der Waals surface area contributed by atoms with Crippen molar-refractivity contribution in [3.05, 3.63) is 58.1 Å². The second-order valence-corrected chi connectivity index (χ2v) is 4.77. The highest BCUT2D eigenvalue weighted by atomic mass is 79.9. The standard InChI is InChI=1S/C14H12BrF2NO/c1-19-14-5-3-2-4-9(14)8-18-13-6-10(15)11(16)7-12(13)17/h2-7,18H,8H2,1H3. The van der Waals surface area contributed by atoms with Gasteiger partial charge in [0.25, 0.3) is 0 Å². The number of methoxy groups -OCH3 is 1. The molecule has 1 N–H and O–H groups in total. The maximum atomic E-state index is 13.6. The number of anilines is 1. The number of hydrogen-bond acceptors (Lipinski definition) is 2. The first-order valence-electron chi connectivity index (χ1n) is 5.62. The molecule has 5 heteroatoms. The first-order valence-corrected chi connectivity index (χ1v) is 6.41. The highest BCUT2D eigenvalue weighted by Crippen LogP contribution is 2.25. The van der Waals surface area contributed by atoms with E-state index in [0.717, 1.165) is 17.4 Å². The average molecular weight is 328 g/mol. The summed E-state index contributed by atoms with van der Waals surface area (Å²) in [5.41, 5.74) is 1.13. The molecule has 0 radical (unpaired) electrons. The largest absolute Gasteiger partial charge is 0.496 e. The number of rotatable bonds is 4. The van der Waals surface area contributed by atoms with Crippen LogP contribution in [0.2, 0.25) is 0 Å². The average Bonchev–Trinajstić information content (AvgIpc) is 2.41. The van der Waals surface area contributed by atoms with Gasteiger partial charge >= 0.3 is 0 Å². The molecular formula is C14H12BrF2NO. The van der Waals surface area contributed by atoms with Gasteiger partial charge in [-0.05, 0) is 28.1 Å². The lowest BCUT2D eigenvalue weighted by molar-refractivity contribution is 0.410. The summed E-state index contributed by atoms with van der Waals surface area (Å²) in [4.78, 5) is 0. The summed E-state index contributed by atoms with van der Waals surface area (Å²) in [5, 5.41) is 2.92. The third-order valence-corrected chi connectivity index (χ3v) is 3.28. The van der Waals surface area contributed by atoms with Gasteiger partial charge in [0.05, 0.1) is 17.3 Å². The van der Waals surface area contributed by atoms with Crippen molar-refractivity contribution in [1.29, 1.82) is 0 Å². The van der Waals surface area contributed by atoms with E-state index in [-0.39, 0.29) is 10.2 Å². The van der Waals surface area contributed by atoms with Crippen LogP contribution in [0, 0.1) is 11.6 Å². The van der Waals surface area contributed by atoms with Crippen LogP contribution in [0.25, 0.3) is 0 Å². The molecule has 0 heterocycles. The minimum atomic E-state index is -0.629. The summed E-state index contributed by atoms with van der Waals surface area (Å²) in [6.45, 7) is 0.388. The van der Waals surface area contributed by atoms with E-state index in [1.165, 1.54) is 6.07 Å². The van der Waals surface area contributed by atoms with E-state index in [1.807, 2.05) is 24.3 Å². The number of ether oxygens (including phenoxy) is 1. The third kappa shape index (κ3) is 3.23. The van der Waals surface area contributed by atoms with Crippen molar-refractivity contribution in [3.63, 3.8) is 0 Å². The fourth-order valence-corrected chi connectivity index (χ4v) is 2.04. The van der Waals surface area contributed by atoms with E-state index in [0.29, 0.717) is 6.54 Å². The van der Waals surface area contributed by atoms with Crippen LogP contribution in [0.1, 0.15) is 5.56 Å². The van der Waals surface area contributed by atoms with Crippen molar-refractivity contribution >= 4 is 21.6 Å². The van der Waals surface area contributed by atoms with Crippen molar-refractivity contribution in [2.24, 2.45) is 0 Å². The van der Waals surface area contributed by atoms with Gasteiger partial charge in [-0.2, -0.15) is 0 Å². The molecule has 2 nitrogen and oxygen atoms in total. The van der Waals surface area contributed by atoms with Gasteiger partial charge in [0.2, 0.25) is 0 Å². The Hall–Kier alpha value is -1.62. The van der Waals surface area contributed by atoms with Crippen LogP contribution in [0.15, 0.2) is 40.9 Å². The number of hydrogen-bond donors (Lipinski definition) is 1. The van der Waals surface area contributed by atoms with Crippen molar-refractivity contribution in [2.45, 2.75) is 6.54 Å². The maximum absolute atomic E-state index is 13.6. The highest BCUT2D eigenvalue weighted by Gasteiger charge is 2.09. The Kier molecular flexibility index (Phi) is 4.37. The van der Waals surface area contributed by atoms with Crippen LogP contribution in [0.3, 0.4) is 0 Å². The van der Waals surface area contributed by atoms with Crippen molar-refractivity contribution in [3.8, 4) is 5.75 Å². The molecule has 0 aliphatic rings. The van der Waals surface area contributed by atoms with Crippen molar-refractivity contribution in [2.75, 3.05) is 12.4 Å². The van der Waals surface area contributed by atoms with E-state index in [2.05, 4.69) is 21.2 Å². The fourth-order valence-electron chi connectivity index (χ4n) is 1.70. The van der Waals surface area contributed by atoms with Gasteiger partial charge in [0.1, 0.15) is 17.4 Å². The molecule has 0 saturated heterocycles. The SMILES string of the molecule is COc1ccccc1CNc1cc(Br)c(F)cc1F. The van der Waals surface area contributed by atoms with Crippen LogP contribution in [-0.2, 0) is 6.54 Å². The number of benzene rings is 2. The first kappa shape index (κ1) is 13.8. The zero-order valence-corrected chi connectivity index (χ0v) is 11.8. The quantitative estimate of drug-likeness (QED) is 0.843. The fraction of sp³-hybridized carbons (Fsp3) is 0.143. The molecule has 0 aromatic heterocycles. The predicted octanol–water partition coefficient (Wildman–Crippen LogP) is 4.35. The lowest BCUT2D eigenvalue weighted by Gasteiger charge is -2.11. The maximum Gasteiger partial charge on any atom is 0.149 e. The number of para-hydroxylation sites is 1. The molecule has 2 aromatic rings. The van der Waals surface area contributed by atoms with Crippen LogP contribution < -0.4 is 10.1 Å². The van der Waals surface area contributed by atoms with Gasteiger partial charge in [-0.1, -0.05) is 18.2 Å². The van der Waals surface area contributed by atoms with Crippen LogP contribution >= 0.6 is 15.9 Å². The first-order chi connectivity index (χ1) is 9.11. The van der Waals surface area contributed by atoms with E-state index in [4.69, 9.17) is 4.74 Å². The molecule has 0 saturated carbocycles. The number of halogens is 3. The second-order valence-electron chi connectivity index (χ2n) is 3.91. The lowest BCUT2D eigenvalue weighted by Crippen LogP contribution is -2.03. The Labute approximate surface area is 118 Å². The smallest absolute Gasteiger partial charge is 0.149 e. The van der Waals surface area contributed by atoms with Gasteiger partial charge in [0, 0.05) is 18.2 Å². The van der Waals surface area contributed by atoms with Crippen molar-refractivity contribution in [1.82, 2.24) is 0 Å². The molecule has 2 aromatic carbocycles. The topological polar surface area (TPSA) is 21.3 Å². The van der Waals surface area contributed by atoms with Gasteiger partial charge in [-0.15, -0.1) is 0 Å².